The summed E-state index contributed by atoms with van der Waals surface area (Å²) in [5.74, 6) is -0.310. The number of benzene rings is 2. The average molecular weight is 439 g/mol. The highest BCUT2D eigenvalue weighted by Gasteiger charge is 2.16. The molecule has 4 nitrogen and oxygen atoms in total. The quantitative estimate of drug-likeness (QED) is 0.793. The van der Waals surface area contributed by atoms with E-state index >= 15 is 0 Å². The van der Waals surface area contributed by atoms with Crippen molar-refractivity contribution >= 4 is 41.9 Å². The van der Waals surface area contributed by atoms with E-state index in [4.69, 9.17) is 9.88 Å². The summed E-state index contributed by atoms with van der Waals surface area (Å²) in [4.78, 5) is -0.135. The van der Waals surface area contributed by atoms with Crippen LogP contribution in [0.15, 0.2) is 50.2 Å². The first-order chi connectivity index (χ1) is 9.79. The second-order valence-corrected chi connectivity index (χ2v) is 7.38. The molecule has 2 aromatic rings. The summed E-state index contributed by atoms with van der Waals surface area (Å²) in [5, 5.41) is 5.15. The average Bonchev–Trinajstić information content (AvgIpc) is 2.40. The van der Waals surface area contributed by atoms with E-state index in [2.05, 4.69) is 31.9 Å². The molecule has 0 aliphatic rings. The van der Waals surface area contributed by atoms with Crippen LogP contribution in [0.4, 0.5) is 4.39 Å². The maximum Gasteiger partial charge on any atom is 0.241 e. The van der Waals surface area contributed by atoms with Crippen LogP contribution in [0.3, 0.4) is 0 Å². The highest BCUT2D eigenvalue weighted by Crippen LogP contribution is 2.28. The van der Waals surface area contributed by atoms with Gasteiger partial charge in [0.15, 0.2) is 0 Å². The smallest absolute Gasteiger partial charge is 0.241 e. The van der Waals surface area contributed by atoms with Crippen molar-refractivity contribution in [2.24, 2.45) is 5.14 Å². The predicted molar refractivity (Wildman–Crippen MR) is 83.9 cm³/mol. The van der Waals surface area contributed by atoms with Crippen molar-refractivity contribution in [3.8, 4) is 5.75 Å². The molecule has 0 saturated carbocycles. The van der Waals surface area contributed by atoms with Crippen molar-refractivity contribution in [3.05, 3.63) is 56.7 Å². The number of sulfonamides is 1. The summed E-state index contributed by atoms with van der Waals surface area (Å²) in [6, 6.07) is 8.99. The van der Waals surface area contributed by atoms with Gasteiger partial charge in [0.05, 0.1) is 4.47 Å². The van der Waals surface area contributed by atoms with Crippen molar-refractivity contribution in [3.63, 3.8) is 0 Å². The molecular weight excluding hydrogens is 429 g/mol. The fourth-order valence-corrected chi connectivity index (χ4v) is 3.23. The van der Waals surface area contributed by atoms with Gasteiger partial charge in [-0.25, -0.2) is 17.9 Å². The number of ether oxygens (including phenoxy) is 1. The van der Waals surface area contributed by atoms with Crippen molar-refractivity contribution in [2.75, 3.05) is 0 Å². The molecule has 2 rings (SSSR count). The second-order valence-electron chi connectivity index (χ2n) is 4.14. The van der Waals surface area contributed by atoms with Gasteiger partial charge in [-0.05, 0) is 40.2 Å². The highest BCUT2D eigenvalue weighted by molar-refractivity contribution is 9.10. The largest absolute Gasteiger partial charge is 0.487 e. The van der Waals surface area contributed by atoms with Crippen molar-refractivity contribution in [2.45, 2.75) is 11.5 Å². The van der Waals surface area contributed by atoms with Gasteiger partial charge < -0.3 is 4.74 Å². The van der Waals surface area contributed by atoms with Gasteiger partial charge in [-0.15, -0.1) is 0 Å². The Bertz CT molecular complexity index is 781. The van der Waals surface area contributed by atoms with E-state index in [0.717, 1.165) is 0 Å². The van der Waals surface area contributed by atoms with Crippen LogP contribution in [0, 0.1) is 5.82 Å². The summed E-state index contributed by atoms with van der Waals surface area (Å²) in [6.07, 6.45) is 0. The van der Waals surface area contributed by atoms with Gasteiger partial charge in [-0.3, -0.25) is 0 Å². The molecule has 0 unspecified atom stereocenters. The Morgan fingerprint density at radius 2 is 1.90 bits per heavy atom. The first-order valence-corrected chi connectivity index (χ1v) is 8.80. The Morgan fingerprint density at radius 1 is 1.19 bits per heavy atom. The van der Waals surface area contributed by atoms with Crippen molar-refractivity contribution < 1.29 is 17.5 Å². The van der Waals surface area contributed by atoms with Crippen LogP contribution in [-0.2, 0) is 16.6 Å². The zero-order chi connectivity index (χ0) is 15.6. The molecule has 2 aromatic carbocycles. The van der Waals surface area contributed by atoms with Crippen molar-refractivity contribution in [1.29, 1.82) is 0 Å². The normalized spacial score (nSPS) is 11.4. The molecule has 0 aliphatic carbocycles. The van der Waals surface area contributed by atoms with E-state index in [0.29, 0.717) is 10.0 Å². The fourth-order valence-electron chi connectivity index (χ4n) is 1.64. The molecule has 2 N–H and O–H groups in total. The van der Waals surface area contributed by atoms with Gasteiger partial charge in [0.2, 0.25) is 10.0 Å². The predicted octanol–water partition coefficient (Wildman–Crippen LogP) is 3.58. The van der Waals surface area contributed by atoms with Gasteiger partial charge >= 0.3 is 0 Å². The van der Waals surface area contributed by atoms with Crippen LogP contribution < -0.4 is 9.88 Å². The summed E-state index contributed by atoms with van der Waals surface area (Å²) in [7, 11) is -3.92. The van der Waals surface area contributed by atoms with Crippen LogP contribution in [0.25, 0.3) is 0 Å². The lowest BCUT2D eigenvalue weighted by Crippen LogP contribution is -2.14. The number of rotatable bonds is 4. The number of hydrogen-bond acceptors (Lipinski definition) is 3. The van der Waals surface area contributed by atoms with Gasteiger partial charge in [0, 0.05) is 10.0 Å². The number of hydrogen-bond donors (Lipinski definition) is 1. The Balaban J connectivity index is 2.31. The monoisotopic (exact) mass is 437 g/mol. The highest BCUT2D eigenvalue weighted by atomic mass is 79.9. The SMILES string of the molecule is NS(=O)(=O)c1cc(Br)ccc1OCc1cccc(F)c1Br. The Kier molecular flexibility index (Phi) is 5.03. The molecule has 0 atom stereocenters. The van der Waals surface area contributed by atoms with E-state index in [9.17, 15) is 12.8 Å². The van der Waals surface area contributed by atoms with E-state index in [-0.39, 0.29) is 21.7 Å². The lowest BCUT2D eigenvalue weighted by atomic mass is 10.2. The van der Waals surface area contributed by atoms with Crippen LogP contribution in [0.5, 0.6) is 5.75 Å². The first-order valence-electron chi connectivity index (χ1n) is 5.67. The molecule has 21 heavy (non-hydrogen) atoms. The van der Waals surface area contributed by atoms with E-state index in [1.54, 1.807) is 18.2 Å². The molecule has 0 amide bonds. The Labute approximate surface area is 138 Å². The fraction of sp³-hybridized carbons (Fsp3) is 0.0769. The van der Waals surface area contributed by atoms with E-state index in [1.165, 1.54) is 18.2 Å². The summed E-state index contributed by atoms with van der Waals surface area (Å²) < 4.78 is 42.8. The summed E-state index contributed by atoms with van der Waals surface area (Å²) >= 11 is 6.29. The van der Waals surface area contributed by atoms with Gasteiger partial charge in [-0.2, -0.15) is 0 Å². The maximum atomic E-state index is 13.4. The van der Waals surface area contributed by atoms with Crippen molar-refractivity contribution in [1.82, 2.24) is 0 Å². The minimum atomic E-state index is -3.92. The Morgan fingerprint density at radius 3 is 2.57 bits per heavy atom. The third kappa shape index (κ3) is 4.03. The van der Waals surface area contributed by atoms with Gasteiger partial charge in [-0.1, -0.05) is 28.1 Å². The van der Waals surface area contributed by atoms with E-state index < -0.39 is 15.8 Å². The summed E-state index contributed by atoms with van der Waals surface area (Å²) in [6.45, 7) is 0.00248. The number of primary sulfonamides is 1. The first kappa shape index (κ1) is 16.4. The zero-order valence-corrected chi connectivity index (χ0v) is 14.5. The van der Waals surface area contributed by atoms with Crippen LogP contribution in [0.2, 0.25) is 0 Å². The van der Waals surface area contributed by atoms with Crippen LogP contribution >= 0.6 is 31.9 Å². The number of nitrogens with two attached hydrogens (primary N) is 1. The molecular formula is C13H10Br2FNO3S. The molecule has 112 valence electrons. The molecule has 8 heteroatoms. The minimum absolute atomic E-state index is 0.00248. The number of halogens is 3. The third-order valence-corrected chi connectivity index (χ3v) is 4.94. The second kappa shape index (κ2) is 6.43. The third-order valence-electron chi connectivity index (χ3n) is 2.63. The topological polar surface area (TPSA) is 69.4 Å². The van der Waals surface area contributed by atoms with Gasteiger partial charge in [0.1, 0.15) is 23.1 Å². The van der Waals surface area contributed by atoms with Crippen LogP contribution in [0.1, 0.15) is 5.56 Å². The zero-order valence-electron chi connectivity index (χ0n) is 10.5. The molecule has 0 radical (unpaired) electrons. The molecule has 0 heterocycles. The van der Waals surface area contributed by atoms with E-state index in [1.807, 2.05) is 0 Å². The molecule has 0 spiro atoms. The molecule has 0 aliphatic heterocycles. The standard InChI is InChI=1S/C13H10Br2FNO3S/c14-9-4-5-11(12(6-9)21(17,18)19)20-7-8-2-1-3-10(16)13(8)15/h1-6H,7H2,(H2,17,18,19). The lowest BCUT2D eigenvalue weighted by molar-refractivity contribution is 0.296. The van der Waals surface area contributed by atoms with Crippen LogP contribution in [-0.4, -0.2) is 8.42 Å². The molecule has 0 bridgehead atoms. The Hall–Kier alpha value is -0.960. The molecule has 0 saturated heterocycles. The minimum Gasteiger partial charge on any atom is -0.487 e. The summed E-state index contributed by atoms with van der Waals surface area (Å²) in [5.41, 5.74) is 0.554. The molecule has 0 aromatic heterocycles. The maximum absolute atomic E-state index is 13.4. The lowest BCUT2D eigenvalue weighted by Gasteiger charge is -2.12. The molecule has 0 fully saturated rings. The van der Waals surface area contributed by atoms with Gasteiger partial charge in [0.25, 0.3) is 0 Å².